The number of nitrogens with one attached hydrogen (secondary N) is 2. The van der Waals surface area contributed by atoms with Crippen LogP contribution in [0.3, 0.4) is 0 Å². The highest BCUT2D eigenvalue weighted by molar-refractivity contribution is 5.91. The average molecular weight is 315 g/mol. The molecular formula is C15H21N7O. The van der Waals surface area contributed by atoms with E-state index in [0.29, 0.717) is 23.9 Å². The highest BCUT2D eigenvalue weighted by Crippen LogP contribution is 2.12. The van der Waals surface area contributed by atoms with Crippen molar-refractivity contribution in [1.29, 1.82) is 0 Å². The largest absolute Gasteiger partial charge is 0.345 e. The number of hydrogen-bond donors (Lipinski definition) is 2. The van der Waals surface area contributed by atoms with E-state index in [1.165, 1.54) is 12.8 Å². The molecule has 1 amide bonds. The van der Waals surface area contributed by atoms with Crippen molar-refractivity contribution in [2.75, 3.05) is 13.1 Å². The van der Waals surface area contributed by atoms with Crippen molar-refractivity contribution in [2.45, 2.75) is 32.9 Å². The molecule has 122 valence electrons. The van der Waals surface area contributed by atoms with Crippen LogP contribution in [0.2, 0.25) is 0 Å². The molecule has 1 saturated heterocycles. The second kappa shape index (κ2) is 7.28. The Morgan fingerprint density at radius 1 is 1.43 bits per heavy atom. The number of carbonyl (C=O) groups is 1. The fourth-order valence-corrected chi connectivity index (χ4v) is 2.61. The molecule has 3 heterocycles. The second-order valence-corrected chi connectivity index (χ2v) is 5.87. The standard InChI is InChI=1S/C15H21N7O/c1-11-5-18-13(7-17-11)8-19-15(23)14-10-22(21-20-14)9-12-3-2-4-16-6-12/h5,7,10,12,16H,2-4,6,8-9H2,1H3,(H,19,23). The molecule has 1 fully saturated rings. The van der Waals surface area contributed by atoms with Gasteiger partial charge in [0.25, 0.3) is 5.91 Å². The Kier molecular flexibility index (Phi) is 4.92. The molecule has 2 aromatic heterocycles. The molecule has 8 nitrogen and oxygen atoms in total. The third kappa shape index (κ3) is 4.32. The van der Waals surface area contributed by atoms with E-state index in [1.54, 1.807) is 23.3 Å². The lowest BCUT2D eigenvalue weighted by atomic mass is 10.00. The van der Waals surface area contributed by atoms with Crippen molar-refractivity contribution in [3.05, 3.63) is 35.7 Å². The summed E-state index contributed by atoms with van der Waals surface area (Å²) < 4.78 is 1.75. The quantitative estimate of drug-likeness (QED) is 0.824. The molecule has 0 saturated carbocycles. The number of nitrogens with zero attached hydrogens (tertiary/aromatic N) is 5. The van der Waals surface area contributed by atoms with E-state index >= 15 is 0 Å². The highest BCUT2D eigenvalue weighted by atomic mass is 16.2. The van der Waals surface area contributed by atoms with Crippen LogP contribution in [0, 0.1) is 12.8 Å². The average Bonchev–Trinajstić information content (AvgIpc) is 3.03. The van der Waals surface area contributed by atoms with E-state index in [4.69, 9.17) is 0 Å². The summed E-state index contributed by atoms with van der Waals surface area (Å²) in [6, 6.07) is 0. The number of carbonyl (C=O) groups excluding carboxylic acids is 1. The number of hydrogen-bond acceptors (Lipinski definition) is 6. The number of amides is 1. The first kappa shape index (κ1) is 15.5. The lowest BCUT2D eigenvalue weighted by molar-refractivity contribution is 0.0945. The molecular weight excluding hydrogens is 294 g/mol. The maximum atomic E-state index is 12.1. The second-order valence-electron chi connectivity index (χ2n) is 5.87. The molecule has 8 heteroatoms. The van der Waals surface area contributed by atoms with Crippen molar-refractivity contribution in [3.63, 3.8) is 0 Å². The Morgan fingerprint density at radius 2 is 2.35 bits per heavy atom. The van der Waals surface area contributed by atoms with E-state index in [9.17, 15) is 4.79 Å². The molecule has 0 aliphatic carbocycles. The zero-order chi connectivity index (χ0) is 16.1. The van der Waals surface area contributed by atoms with E-state index in [1.807, 2.05) is 6.92 Å². The molecule has 2 aromatic rings. The Morgan fingerprint density at radius 3 is 3.09 bits per heavy atom. The van der Waals surface area contributed by atoms with Gasteiger partial charge in [-0.15, -0.1) is 5.10 Å². The summed E-state index contributed by atoms with van der Waals surface area (Å²) in [5.74, 6) is 0.296. The van der Waals surface area contributed by atoms with Crippen LogP contribution in [0.4, 0.5) is 0 Å². The van der Waals surface area contributed by atoms with Gasteiger partial charge in [-0.05, 0) is 38.8 Å². The summed E-state index contributed by atoms with van der Waals surface area (Å²) in [6.45, 7) is 5.06. The predicted octanol–water partition coefficient (Wildman–Crippen LogP) is 0.306. The monoisotopic (exact) mass is 315 g/mol. The molecule has 1 atom stereocenters. The highest BCUT2D eigenvalue weighted by Gasteiger charge is 2.16. The first-order valence-electron chi connectivity index (χ1n) is 7.87. The third-order valence-electron chi connectivity index (χ3n) is 3.88. The SMILES string of the molecule is Cc1cnc(CNC(=O)c2cn(CC3CCCNC3)nn2)cn1. The molecule has 0 radical (unpaired) electrons. The van der Waals surface area contributed by atoms with Crippen molar-refractivity contribution >= 4 is 5.91 Å². The zero-order valence-corrected chi connectivity index (χ0v) is 13.2. The van der Waals surface area contributed by atoms with Gasteiger partial charge in [0.05, 0.1) is 30.3 Å². The summed E-state index contributed by atoms with van der Waals surface area (Å²) in [4.78, 5) is 20.5. The fraction of sp³-hybridized carbons (Fsp3) is 0.533. The van der Waals surface area contributed by atoms with Gasteiger partial charge in [-0.25, -0.2) is 0 Å². The maximum absolute atomic E-state index is 12.1. The Bertz CT molecular complexity index is 646. The normalized spacial score (nSPS) is 17.9. The first-order chi connectivity index (χ1) is 11.2. The summed E-state index contributed by atoms with van der Waals surface area (Å²) in [5, 5.41) is 14.2. The molecule has 1 unspecified atom stereocenters. The summed E-state index contributed by atoms with van der Waals surface area (Å²) in [7, 11) is 0. The van der Waals surface area contributed by atoms with E-state index in [-0.39, 0.29) is 5.91 Å². The van der Waals surface area contributed by atoms with Gasteiger partial charge in [-0.2, -0.15) is 0 Å². The van der Waals surface area contributed by atoms with Crippen LogP contribution in [0.1, 0.15) is 34.7 Å². The van der Waals surface area contributed by atoms with Crippen LogP contribution >= 0.6 is 0 Å². The Labute approximate surface area is 134 Å². The third-order valence-corrected chi connectivity index (χ3v) is 3.88. The minimum Gasteiger partial charge on any atom is -0.345 e. The van der Waals surface area contributed by atoms with Crippen LogP contribution < -0.4 is 10.6 Å². The van der Waals surface area contributed by atoms with E-state index in [0.717, 1.165) is 25.3 Å². The molecule has 0 aromatic carbocycles. The van der Waals surface area contributed by atoms with E-state index < -0.39 is 0 Å². The van der Waals surface area contributed by atoms with Crippen LogP contribution in [0.15, 0.2) is 18.6 Å². The van der Waals surface area contributed by atoms with Gasteiger partial charge in [0.2, 0.25) is 0 Å². The molecule has 3 rings (SSSR count). The van der Waals surface area contributed by atoms with Crippen LogP contribution in [-0.2, 0) is 13.1 Å². The molecule has 1 aliphatic heterocycles. The topological polar surface area (TPSA) is 97.6 Å². The fourth-order valence-electron chi connectivity index (χ4n) is 2.61. The first-order valence-corrected chi connectivity index (χ1v) is 7.87. The number of aromatic nitrogens is 5. The van der Waals surface area contributed by atoms with Gasteiger partial charge in [0.1, 0.15) is 0 Å². The molecule has 2 N–H and O–H groups in total. The van der Waals surface area contributed by atoms with Crippen molar-refractivity contribution < 1.29 is 4.79 Å². The smallest absolute Gasteiger partial charge is 0.273 e. The van der Waals surface area contributed by atoms with Crippen LogP contribution in [0.25, 0.3) is 0 Å². The van der Waals surface area contributed by atoms with E-state index in [2.05, 4.69) is 30.9 Å². The number of rotatable bonds is 5. The van der Waals surface area contributed by atoms with Crippen LogP contribution in [-0.4, -0.2) is 44.0 Å². The van der Waals surface area contributed by atoms with Crippen molar-refractivity contribution in [1.82, 2.24) is 35.6 Å². The minimum absolute atomic E-state index is 0.250. The van der Waals surface area contributed by atoms with Crippen molar-refractivity contribution in [2.24, 2.45) is 5.92 Å². The van der Waals surface area contributed by atoms with Gasteiger partial charge >= 0.3 is 0 Å². The van der Waals surface area contributed by atoms with Gasteiger partial charge in [0.15, 0.2) is 5.69 Å². The summed E-state index contributed by atoms with van der Waals surface area (Å²) in [6.07, 6.45) is 7.40. The maximum Gasteiger partial charge on any atom is 0.273 e. The predicted molar refractivity (Wildman–Crippen MR) is 83.6 cm³/mol. The number of aryl methyl sites for hydroxylation is 1. The Balaban J connectivity index is 1.52. The van der Waals surface area contributed by atoms with Gasteiger partial charge < -0.3 is 10.6 Å². The lowest BCUT2D eigenvalue weighted by Gasteiger charge is -2.22. The molecule has 0 bridgehead atoms. The zero-order valence-electron chi connectivity index (χ0n) is 13.2. The van der Waals surface area contributed by atoms with Gasteiger partial charge in [-0.1, -0.05) is 5.21 Å². The molecule has 23 heavy (non-hydrogen) atoms. The molecule has 1 aliphatic rings. The number of piperidine rings is 1. The summed E-state index contributed by atoms with van der Waals surface area (Å²) in [5.41, 5.74) is 1.89. The minimum atomic E-state index is -0.250. The molecule has 0 spiro atoms. The Hall–Kier alpha value is -2.35. The van der Waals surface area contributed by atoms with Crippen LogP contribution in [0.5, 0.6) is 0 Å². The van der Waals surface area contributed by atoms with Crippen molar-refractivity contribution in [3.8, 4) is 0 Å². The lowest BCUT2D eigenvalue weighted by Crippen LogP contribution is -2.32. The summed E-state index contributed by atoms with van der Waals surface area (Å²) >= 11 is 0. The van der Waals surface area contributed by atoms with Gasteiger partial charge in [-0.3, -0.25) is 19.4 Å². The van der Waals surface area contributed by atoms with Gasteiger partial charge in [0, 0.05) is 12.7 Å².